The number of benzene rings is 2. The van der Waals surface area contributed by atoms with E-state index in [-0.39, 0.29) is 5.56 Å². The van der Waals surface area contributed by atoms with E-state index in [9.17, 15) is 9.90 Å². The Labute approximate surface area is 198 Å². The van der Waals surface area contributed by atoms with Crippen LogP contribution >= 0.6 is 11.6 Å². The summed E-state index contributed by atoms with van der Waals surface area (Å²) in [5, 5.41) is 13.6. The van der Waals surface area contributed by atoms with Crippen LogP contribution in [0.15, 0.2) is 65.8 Å². The molecule has 0 spiro atoms. The lowest BCUT2D eigenvalue weighted by Gasteiger charge is -2.30. The van der Waals surface area contributed by atoms with Gasteiger partial charge < -0.3 is 14.2 Å². The molecule has 33 heavy (non-hydrogen) atoms. The zero-order valence-corrected chi connectivity index (χ0v) is 19.9. The molecular formula is C27H26ClN3O2. The lowest BCUT2D eigenvalue weighted by atomic mass is 9.82. The minimum atomic E-state index is -1.48. The number of aliphatic hydroxyl groups is 1. The largest absolute Gasteiger partial charge is 0.374 e. The number of aromatic nitrogens is 3. The monoisotopic (exact) mass is 459 g/mol. The highest BCUT2D eigenvalue weighted by atomic mass is 35.5. The van der Waals surface area contributed by atoms with Crippen LogP contribution in [0.2, 0.25) is 5.02 Å². The molecular weight excluding hydrogens is 434 g/mol. The van der Waals surface area contributed by atoms with Gasteiger partial charge >= 0.3 is 0 Å². The maximum Gasteiger partial charge on any atom is 0.252 e. The zero-order chi connectivity index (χ0) is 23.8. The number of halogens is 1. The topological polar surface area (TPSA) is 60.1 Å². The number of hydrogen-bond donors (Lipinski definition) is 1. The first-order chi connectivity index (χ1) is 15.7. The average Bonchev–Trinajstić information content (AvgIpc) is 3.23. The summed E-state index contributed by atoms with van der Waals surface area (Å²) < 4.78 is 3.39. The van der Waals surface area contributed by atoms with Gasteiger partial charge in [-0.15, -0.1) is 0 Å². The number of hydrogen-bond acceptors (Lipinski definition) is 3. The van der Waals surface area contributed by atoms with Crippen LogP contribution in [-0.4, -0.2) is 19.2 Å². The minimum Gasteiger partial charge on any atom is -0.374 e. The van der Waals surface area contributed by atoms with Gasteiger partial charge in [0.1, 0.15) is 0 Å². The molecule has 0 radical (unpaired) electrons. The van der Waals surface area contributed by atoms with Crippen molar-refractivity contribution in [3.63, 3.8) is 0 Å². The van der Waals surface area contributed by atoms with Crippen LogP contribution in [-0.2, 0) is 19.7 Å². The molecule has 168 valence electrons. The molecule has 1 atom stereocenters. The summed E-state index contributed by atoms with van der Waals surface area (Å²) in [6, 6.07) is 14.3. The normalized spacial score (nSPS) is 13.1. The fourth-order valence-corrected chi connectivity index (χ4v) is 4.13. The lowest BCUT2D eigenvalue weighted by molar-refractivity contribution is 0.117. The Bertz CT molecular complexity index is 1440. The van der Waals surface area contributed by atoms with Gasteiger partial charge in [-0.1, -0.05) is 55.5 Å². The third kappa shape index (κ3) is 4.20. The van der Waals surface area contributed by atoms with Crippen LogP contribution in [0, 0.1) is 17.8 Å². The van der Waals surface area contributed by atoms with Crippen molar-refractivity contribution in [2.75, 3.05) is 0 Å². The van der Waals surface area contributed by atoms with Gasteiger partial charge in [0.25, 0.3) is 5.56 Å². The van der Waals surface area contributed by atoms with E-state index in [0.29, 0.717) is 33.3 Å². The quantitative estimate of drug-likeness (QED) is 0.453. The van der Waals surface area contributed by atoms with E-state index in [4.69, 9.17) is 11.6 Å². The van der Waals surface area contributed by atoms with Crippen molar-refractivity contribution in [1.82, 2.24) is 14.1 Å². The molecule has 2 aromatic heterocycles. The van der Waals surface area contributed by atoms with Crippen molar-refractivity contribution in [3.05, 3.63) is 98.8 Å². The van der Waals surface area contributed by atoms with Crippen LogP contribution in [0.4, 0.5) is 0 Å². The number of nitrogens with zero attached hydrogens (tertiary/aromatic N) is 3. The van der Waals surface area contributed by atoms with E-state index in [1.165, 1.54) is 0 Å². The molecule has 1 unspecified atom stereocenters. The van der Waals surface area contributed by atoms with Gasteiger partial charge in [-0.2, -0.15) is 0 Å². The van der Waals surface area contributed by atoms with Crippen LogP contribution in [0.5, 0.6) is 0 Å². The summed E-state index contributed by atoms with van der Waals surface area (Å²) in [5.74, 6) is 6.80. The highest BCUT2D eigenvalue weighted by Crippen LogP contribution is 2.38. The van der Waals surface area contributed by atoms with Crippen LogP contribution in [0.25, 0.3) is 10.9 Å². The molecule has 0 aliphatic heterocycles. The Kier molecular flexibility index (Phi) is 6.16. The molecule has 0 aliphatic carbocycles. The van der Waals surface area contributed by atoms with E-state index in [0.717, 1.165) is 17.3 Å². The Hall–Kier alpha value is -3.33. The maximum atomic E-state index is 12.5. The summed E-state index contributed by atoms with van der Waals surface area (Å²) in [6.07, 6.45) is 4.05. The Morgan fingerprint density at radius 3 is 2.42 bits per heavy atom. The Morgan fingerprint density at radius 1 is 1.09 bits per heavy atom. The minimum absolute atomic E-state index is 0.122. The molecule has 6 heteroatoms. The molecule has 0 saturated carbocycles. The Balaban J connectivity index is 2.00. The highest BCUT2D eigenvalue weighted by molar-refractivity contribution is 6.30. The predicted octanol–water partition coefficient (Wildman–Crippen LogP) is 4.61. The molecule has 4 aromatic rings. The van der Waals surface area contributed by atoms with E-state index in [1.54, 1.807) is 46.9 Å². The smallest absolute Gasteiger partial charge is 0.252 e. The van der Waals surface area contributed by atoms with E-state index in [1.807, 2.05) is 37.4 Å². The molecule has 2 heterocycles. The molecule has 5 nitrogen and oxygen atoms in total. The summed E-state index contributed by atoms with van der Waals surface area (Å²) in [4.78, 5) is 16.8. The summed E-state index contributed by atoms with van der Waals surface area (Å²) >= 11 is 6.12. The second kappa shape index (κ2) is 8.90. The fraction of sp³-hybridized carbons (Fsp3) is 0.259. The van der Waals surface area contributed by atoms with Crippen molar-refractivity contribution in [2.45, 2.75) is 25.9 Å². The predicted molar refractivity (Wildman–Crippen MR) is 132 cm³/mol. The van der Waals surface area contributed by atoms with Crippen molar-refractivity contribution in [1.29, 1.82) is 0 Å². The number of pyridine rings is 1. The first kappa shape index (κ1) is 22.8. The SMILES string of the molecule is CC(C)CC#Cc1cc(=O)n(C)c2ccc(C(O)(c3ccc(Cl)cc3)c3cncn3C)cc12. The summed E-state index contributed by atoms with van der Waals surface area (Å²) in [5.41, 5.74) is 1.72. The molecule has 0 fully saturated rings. The summed E-state index contributed by atoms with van der Waals surface area (Å²) in [6.45, 7) is 4.21. The van der Waals surface area contributed by atoms with Crippen molar-refractivity contribution in [3.8, 4) is 11.8 Å². The van der Waals surface area contributed by atoms with Gasteiger partial charge in [0.15, 0.2) is 5.60 Å². The van der Waals surface area contributed by atoms with E-state index >= 15 is 0 Å². The third-order valence-corrected chi connectivity index (χ3v) is 6.10. The molecule has 4 rings (SSSR count). The molecule has 2 aromatic carbocycles. The van der Waals surface area contributed by atoms with Crippen molar-refractivity contribution < 1.29 is 5.11 Å². The third-order valence-electron chi connectivity index (χ3n) is 5.85. The fourth-order valence-electron chi connectivity index (χ4n) is 4.00. The van der Waals surface area contributed by atoms with Crippen molar-refractivity contribution in [2.24, 2.45) is 20.0 Å². The van der Waals surface area contributed by atoms with Gasteiger partial charge in [0, 0.05) is 42.6 Å². The lowest BCUT2D eigenvalue weighted by Crippen LogP contribution is -2.31. The Morgan fingerprint density at radius 2 is 1.79 bits per heavy atom. The first-order valence-electron chi connectivity index (χ1n) is 10.8. The van der Waals surface area contributed by atoms with E-state index in [2.05, 4.69) is 30.7 Å². The second-order valence-corrected chi connectivity index (χ2v) is 9.13. The molecule has 0 bridgehead atoms. The number of aryl methyl sites for hydroxylation is 2. The van der Waals surface area contributed by atoms with Gasteiger partial charge in [0.05, 0.1) is 23.7 Å². The highest BCUT2D eigenvalue weighted by Gasteiger charge is 2.36. The van der Waals surface area contributed by atoms with Crippen LogP contribution in [0.3, 0.4) is 0 Å². The van der Waals surface area contributed by atoms with Crippen LogP contribution in [0.1, 0.15) is 42.7 Å². The second-order valence-electron chi connectivity index (χ2n) is 8.69. The van der Waals surface area contributed by atoms with Gasteiger partial charge in [-0.3, -0.25) is 4.79 Å². The zero-order valence-electron chi connectivity index (χ0n) is 19.1. The van der Waals surface area contributed by atoms with Gasteiger partial charge in [-0.05, 0) is 41.3 Å². The number of imidazole rings is 1. The van der Waals surface area contributed by atoms with E-state index < -0.39 is 5.60 Å². The number of rotatable bonds is 4. The maximum absolute atomic E-state index is 12.5. The molecule has 1 N–H and O–H groups in total. The van der Waals surface area contributed by atoms with Crippen molar-refractivity contribution >= 4 is 22.5 Å². The molecule has 0 amide bonds. The summed E-state index contributed by atoms with van der Waals surface area (Å²) in [7, 11) is 3.58. The average molecular weight is 460 g/mol. The van der Waals surface area contributed by atoms with Crippen LogP contribution < -0.4 is 5.56 Å². The standard InChI is InChI=1S/C27H26ClN3O2/c1-18(2)6-5-7-19-14-26(32)31(4)24-13-10-21(15-23(19)24)27(33,25-16-29-17-30(25)3)20-8-11-22(28)12-9-20/h8-18,33H,6H2,1-4H3. The number of fused-ring (bicyclic) bond motifs is 1. The molecule has 0 saturated heterocycles. The first-order valence-corrected chi connectivity index (χ1v) is 11.2. The van der Waals surface area contributed by atoms with Gasteiger partial charge in [-0.25, -0.2) is 4.98 Å². The van der Waals surface area contributed by atoms with Gasteiger partial charge in [0.2, 0.25) is 0 Å². The molecule has 0 aliphatic rings.